The number of hydrogen-bond donors (Lipinski definition) is 1. The molecule has 2 aromatic carbocycles. The van der Waals surface area contributed by atoms with E-state index in [0.29, 0.717) is 6.42 Å². The first-order valence-electron chi connectivity index (χ1n) is 8.06. The third-order valence-corrected chi connectivity index (χ3v) is 5.67. The molecule has 0 aliphatic carbocycles. The molecule has 0 heterocycles. The average Bonchev–Trinajstić information content (AvgIpc) is 2.61. The molecule has 0 unspecified atom stereocenters. The molecule has 0 saturated heterocycles. The number of hydrogen-bond acceptors (Lipinski definition) is 4. The van der Waals surface area contributed by atoms with Crippen molar-refractivity contribution >= 4 is 16.0 Å². The lowest BCUT2D eigenvalue weighted by atomic mass is 10.0. The van der Waals surface area contributed by atoms with Crippen LogP contribution in [-0.4, -0.2) is 21.5 Å². The molecule has 25 heavy (non-hydrogen) atoms. The maximum Gasteiger partial charge on any atom is 0.337 e. The van der Waals surface area contributed by atoms with E-state index in [9.17, 15) is 13.2 Å². The minimum Gasteiger partial charge on any atom is -0.465 e. The Hall–Kier alpha value is -2.18. The van der Waals surface area contributed by atoms with Crippen LogP contribution in [0.25, 0.3) is 0 Å². The molecule has 0 aromatic heterocycles. The summed E-state index contributed by atoms with van der Waals surface area (Å²) in [6.45, 7) is 5.94. The summed E-state index contributed by atoms with van der Waals surface area (Å²) in [4.78, 5) is 11.7. The van der Waals surface area contributed by atoms with Gasteiger partial charge in [0, 0.05) is 6.04 Å². The molecular formula is C19H23NO4S. The standard InChI is InChI=1S/C19H23NO4S/c1-5-18(15-10-9-13(2)14(3)11-15)20-25(22,23)17-8-6-7-16(12-17)19(21)24-4/h6-12,18,20H,5H2,1-4H3/t18-/m0/s1. The summed E-state index contributed by atoms with van der Waals surface area (Å²) in [6.07, 6.45) is 0.610. The van der Waals surface area contributed by atoms with E-state index in [4.69, 9.17) is 0 Å². The van der Waals surface area contributed by atoms with Crippen molar-refractivity contribution in [3.8, 4) is 0 Å². The van der Waals surface area contributed by atoms with Gasteiger partial charge >= 0.3 is 5.97 Å². The molecule has 0 amide bonds. The van der Waals surface area contributed by atoms with Gasteiger partial charge in [0.2, 0.25) is 10.0 Å². The maximum absolute atomic E-state index is 12.7. The number of methoxy groups -OCH3 is 1. The third-order valence-electron chi connectivity index (χ3n) is 4.20. The molecule has 2 aromatic rings. The third kappa shape index (κ3) is 4.46. The Morgan fingerprint density at radius 2 is 1.84 bits per heavy atom. The Labute approximate surface area is 149 Å². The summed E-state index contributed by atoms with van der Waals surface area (Å²) in [5.74, 6) is -0.571. The highest BCUT2D eigenvalue weighted by Crippen LogP contribution is 2.23. The number of sulfonamides is 1. The van der Waals surface area contributed by atoms with Crippen LogP contribution in [0.4, 0.5) is 0 Å². The van der Waals surface area contributed by atoms with E-state index in [1.807, 2.05) is 39.0 Å². The smallest absolute Gasteiger partial charge is 0.337 e. The van der Waals surface area contributed by atoms with Crippen LogP contribution in [0.3, 0.4) is 0 Å². The molecule has 0 bridgehead atoms. The predicted octanol–water partition coefficient (Wildman–Crippen LogP) is 3.52. The van der Waals surface area contributed by atoms with Crippen molar-refractivity contribution in [2.24, 2.45) is 0 Å². The number of carbonyl (C=O) groups is 1. The van der Waals surface area contributed by atoms with Gasteiger partial charge in [-0.1, -0.05) is 31.2 Å². The lowest BCUT2D eigenvalue weighted by Crippen LogP contribution is -2.28. The van der Waals surface area contributed by atoms with Gasteiger partial charge in [-0.05, 0) is 55.2 Å². The van der Waals surface area contributed by atoms with E-state index in [1.165, 1.54) is 31.4 Å². The number of carbonyl (C=O) groups excluding carboxylic acids is 1. The summed E-state index contributed by atoms with van der Waals surface area (Å²) in [6, 6.07) is 11.4. The van der Waals surface area contributed by atoms with Crippen molar-refractivity contribution in [3.05, 3.63) is 64.7 Å². The minimum atomic E-state index is -3.76. The van der Waals surface area contributed by atoms with Gasteiger partial charge in [0.25, 0.3) is 0 Å². The van der Waals surface area contributed by atoms with E-state index in [-0.39, 0.29) is 16.5 Å². The van der Waals surface area contributed by atoms with E-state index >= 15 is 0 Å². The maximum atomic E-state index is 12.7. The van der Waals surface area contributed by atoms with Gasteiger partial charge < -0.3 is 4.74 Å². The van der Waals surface area contributed by atoms with E-state index in [1.54, 1.807) is 0 Å². The van der Waals surface area contributed by atoms with Crippen LogP contribution in [-0.2, 0) is 14.8 Å². The van der Waals surface area contributed by atoms with Crippen LogP contribution in [0.1, 0.15) is 46.4 Å². The van der Waals surface area contributed by atoms with Gasteiger partial charge in [0.05, 0.1) is 17.6 Å². The van der Waals surface area contributed by atoms with Crippen molar-refractivity contribution in [3.63, 3.8) is 0 Å². The Morgan fingerprint density at radius 3 is 2.44 bits per heavy atom. The van der Waals surface area contributed by atoms with E-state index in [0.717, 1.165) is 16.7 Å². The van der Waals surface area contributed by atoms with E-state index < -0.39 is 16.0 Å². The number of rotatable bonds is 6. The minimum absolute atomic E-state index is 0.0395. The van der Waals surface area contributed by atoms with Crippen molar-refractivity contribution < 1.29 is 17.9 Å². The molecule has 134 valence electrons. The monoisotopic (exact) mass is 361 g/mol. The molecule has 0 radical (unpaired) electrons. The van der Waals surface area contributed by atoms with Gasteiger partial charge in [-0.3, -0.25) is 0 Å². The molecule has 0 fully saturated rings. The molecule has 0 aliphatic heterocycles. The summed E-state index contributed by atoms with van der Waals surface area (Å²) in [7, 11) is -2.51. The highest BCUT2D eigenvalue weighted by atomic mass is 32.2. The van der Waals surface area contributed by atoms with Crippen LogP contribution >= 0.6 is 0 Å². The second kappa shape index (κ2) is 7.80. The summed E-state index contributed by atoms with van der Waals surface area (Å²) >= 11 is 0. The zero-order chi connectivity index (χ0) is 18.6. The van der Waals surface area contributed by atoms with Gasteiger partial charge in [-0.25, -0.2) is 17.9 Å². The Balaban J connectivity index is 2.32. The fourth-order valence-corrected chi connectivity index (χ4v) is 3.89. The fraction of sp³-hybridized carbons (Fsp3) is 0.316. The molecule has 5 nitrogen and oxygen atoms in total. The average molecular weight is 361 g/mol. The molecule has 0 saturated carbocycles. The van der Waals surface area contributed by atoms with Crippen molar-refractivity contribution in [1.82, 2.24) is 4.72 Å². The number of benzene rings is 2. The molecule has 0 aliphatic rings. The molecule has 1 N–H and O–H groups in total. The van der Waals surface area contributed by atoms with Crippen LogP contribution in [0, 0.1) is 13.8 Å². The second-order valence-electron chi connectivity index (χ2n) is 5.95. The molecule has 2 rings (SSSR count). The zero-order valence-electron chi connectivity index (χ0n) is 14.9. The summed E-state index contributed by atoms with van der Waals surface area (Å²) in [5.41, 5.74) is 3.39. The highest BCUT2D eigenvalue weighted by molar-refractivity contribution is 7.89. The molecule has 6 heteroatoms. The van der Waals surface area contributed by atoms with Gasteiger partial charge in [-0.2, -0.15) is 0 Å². The number of esters is 1. The quantitative estimate of drug-likeness (QED) is 0.799. The number of nitrogens with one attached hydrogen (secondary N) is 1. The van der Waals surface area contributed by atoms with Gasteiger partial charge in [-0.15, -0.1) is 0 Å². The normalized spacial score (nSPS) is 12.6. The summed E-state index contributed by atoms with van der Waals surface area (Å²) in [5, 5.41) is 0. The largest absolute Gasteiger partial charge is 0.465 e. The number of aryl methyl sites for hydroxylation is 2. The molecule has 0 spiro atoms. The Morgan fingerprint density at radius 1 is 1.12 bits per heavy atom. The Kier molecular flexibility index (Phi) is 5.98. The van der Waals surface area contributed by atoms with Gasteiger partial charge in [0.15, 0.2) is 0 Å². The highest BCUT2D eigenvalue weighted by Gasteiger charge is 2.21. The van der Waals surface area contributed by atoms with Crippen LogP contribution in [0.5, 0.6) is 0 Å². The lowest BCUT2D eigenvalue weighted by molar-refractivity contribution is 0.0600. The zero-order valence-corrected chi connectivity index (χ0v) is 15.7. The second-order valence-corrected chi connectivity index (χ2v) is 7.66. The van der Waals surface area contributed by atoms with E-state index in [2.05, 4.69) is 9.46 Å². The van der Waals surface area contributed by atoms with Crippen molar-refractivity contribution in [1.29, 1.82) is 0 Å². The van der Waals surface area contributed by atoms with Crippen LogP contribution < -0.4 is 4.72 Å². The SMILES string of the molecule is CC[C@H](NS(=O)(=O)c1cccc(C(=O)OC)c1)c1ccc(C)c(C)c1. The van der Waals surface area contributed by atoms with Crippen LogP contribution in [0.2, 0.25) is 0 Å². The fourth-order valence-electron chi connectivity index (χ4n) is 2.53. The van der Waals surface area contributed by atoms with Crippen molar-refractivity contribution in [2.75, 3.05) is 7.11 Å². The first-order chi connectivity index (χ1) is 11.8. The first kappa shape index (κ1) is 19.1. The molecule has 1 atom stereocenters. The van der Waals surface area contributed by atoms with Crippen molar-refractivity contribution in [2.45, 2.75) is 38.1 Å². The summed E-state index contributed by atoms with van der Waals surface area (Å²) < 4.78 is 32.8. The topological polar surface area (TPSA) is 72.5 Å². The lowest BCUT2D eigenvalue weighted by Gasteiger charge is -2.19. The van der Waals surface area contributed by atoms with Crippen LogP contribution in [0.15, 0.2) is 47.4 Å². The van der Waals surface area contributed by atoms with Gasteiger partial charge in [0.1, 0.15) is 0 Å². The molecular weight excluding hydrogens is 338 g/mol. The first-order valence-corrected chi connectivity index (χ1v) is 9.54. The predicted molar refractivity (Wildman–Crippen MR) is 97.1 cm³/mol. The Bertz CT molecular complexity index is 875. The number of ether oxygens (including phenoxy) is 1.